The second-order valence-corrected chi connectivity index (χ2v) is 6.27. The smallest absolute Gasteiger partial charge is 0.322 e. The van der Waals surface area contributed by atoms with E-state index in [1.807, 2.05) is 27.7 Å². The van der Waals surface area contributed by atoms with Crippen LogP contribution in [0, 0.1) is 11.8 Å². The Morgan fingerprint density at radius 1 is 1.23 bits per heavy atom. The van der Waals surface area contributed by atoms with Crippen molar-refractivity contribution in [3.8, 4) is 0 Å². The van der Waals surface area contributed by atoms with Crippen molar-refractivity contribution in [2.75, 3.05) is 13.2 Å². The summed E-state index contributed by atoms with van der Waals surface area (Å²) in [7, 11) is 0. The lowest BCUT2D eigenvalue weighted by Crippen LogP contribution is -2.42. The molecule has 6 heteroatoms. The number of hydrogen-bond donors (Lipinski definition) is 3. The molecule has 6 nitrogen and oxygen atoms in total. The third kappa shape index (κ3) is 9.00. The standard InChI is InChI=1S/C16H32N2O4/c1-5-12(4)14(15(19)20)18-8-6-7-9-22-16(21)13(17)10-11(2)3/h11-14,18H,5-10,17H2,1-4H3,(H,19,20)/t12-,13-,14-/m0/s1. The summed E-state index contributed by atoms with van der Waals surface area (Å²) in [6.07, 6.45) is 2.89. The van der Waals surface area contributed by atoms with E-state index in [2.05, 4.69) is 5.32 Å². The minimum Gasteiger partial charge on any atom is -0.480 e. The van der Waals surface area contributed by atoms with Crippen molar-refractivity contribution in [2.45, 2.75) is 65.5 Å². The molecule has 0 aliphatic carbocycles. The summed E-state index contributed by atoms with van der Waals surface area (Å²) in [6.45, 7) is 8.83. The molecule has 0 saturated carbocycles. The van der Waals surface area contributed by atoms with Crippen LogP contribution in [-0.4, -0.2) is 42.3 Å². The third-order valence-corrected chi connectivity index (χ3v) is 3.69. The molecule has 0 aliphatic rings. The molecule has 130 valence electrons. The van der Waals surface area contributed by atoms with Crippen LogP contribution in [0.15, 0.2) is 0 Å². The van der Waals surface area contributed by atoms with Crippen molar-refractivity contribution in [1.82, 2.24) is 5.32 Å². The highest BCUT2D eigenvalue weighted by molar-refractivity contribution is 5.75. The number of ether oxygens (including phenoxy) is 1. The van der Waals surface area contributed by atoms with E-state index in [9.17, 15) is 9.59 Å². The van der Waals surface area contributed by atoms with Gasteiger partial charge in [-0.15, -0.1) is 0 Å². The molecule has 4 N–H and O–H groups in total. The number of carboxylic acid groups (broad SMARTS) is 1. The number of hydrogen-bond acceptors (Lipinski definition) is 5. The van der Waals surface area contributed by atoms with Crippen molar-refractivity contribution in [3.05, 3.63) is 0 Å². The Bertz CT molecular complexity index is 334. The topological polar surface area (TPSA) is 102 Å². The molecular formula is C16H32N2O4. The molecule has 0 aromatic rings. The molecule has 0 saturated heterocycles. The summed E-state index contributed by atoms with van der Waals surface area (Å²) < 4.78 is 5.12. The van der Waals surface area contributed by atoms with Gasteiger partial charge in [-0.2, -0.15) is 0 Å². The highest BCUT2D eigenvalue weighted by atomic mass is 16.5. The zero-order valence-electron chi connectivity index (χ0n) is 14.3. The first-order valence-electron chi connectivity index (χ1n) is 8.17. The van der Waals surface area contributed by atoms with Crippen molar-refractivity contribution in [3.63, 3.8) is 0 Å². The molecule has 0 aromatic carbocycles. The van der Waals surface area contributed by atoms with Crippen LogP contribution in [0.1, 0.15) is 53.4 Å². The maximum atomic E-state index is 11.6. The van der Waals surface area contributed by atoms with Crippen LogP contribution in [0.3, 0.4) is 0 Å². The van der Waals surface area contributed by atoms with Crippen LogP contribution in [0.5, 0.6) is 0 Å². The highest BCUT2D eigenvalue weighted by Crippen LogP contribution is 2.08. The van der Waals surface area contributed by atoms with Gasteiger partial charge in [0.1, 0.15) is 12.1 Å². The van der Waals surface area contributed by atoms with Gasteiger partial charge in [-0.3, -0.25) is 9.59 Å². The number of carbonyl (C=O) groups is 2. The van der Waals surface area contributed by atoms with Crippen LogP contribution >= 0.6 is 0 Å². The molecule has 0 radical (unpaired) electrons. The molecule has 3 atom stereocenters. The number of carboxylic acids is 1. The van der Waals surface area contributed by atoms with Gasteiger partial charge in [0.05, 0.1) is 6.61 Å². The fraction of sp³-hybridized carbons (Fsp3) is 0.875. The number of rotatable bonds is 12. The van der Waals surface area contributed by atoms with Crippen molar-refractivity contribution >= 4 is 11.9 Å². The van der Waals surface area contributed by atoms with Gasteiger partial charge in [-0.05, 0) is 37.6 Å². The number of unbranched alkanes of at least 4 members (excludes halogenated alkanes) is 1. The molecule has 0 aliphatic heterocycles. The summed E-state index contributed by atoms with van der Waals surface area (Å²) >= 11 is 0. The van der Waals surface area contributed by atoms with Gasteiger partial charge >= 0.3 is 11.9 Å². The van der Waals surface area contributed by atoms with Crippen molar-refractivity contribution in [2.24, 2.45) is 17.6 Å². The highest BCUT2D eigenvalue weighted by Gasteiger charge is 2.22. The predicted octanol–water partition coefficient (Wildman–Crippen LogP) is 1.77. The first-order chi connectivity index (χ1) is 10.3. The van der Waals surface area contributed by atoms with Crippen molar-refractivity contribution < 1.29 is 19.4 Å². The number of nitrogens with two attached hydrogens (primary N) is 1. The fourth-order valence-electron chi connectivity index (χ4n) is 2.14. The van der Waals surface area contributed by atoms with Gasteiger partial charge in [-0.1, -0.05) is 34.1 Å². The van der Waals surface area contributed by atoms with E-state index in [1.54, 1.807) is 0 Å². The summed E-state index contributed by atoms with van der Waals surface area (Å²) in [5.41, 5.74) is 5.73. The average molecular weight is 316 g/mol. The minimum atomic E-state index is -0.819. The Labute approximate surface area is 133 Å². The maximum Gasteiger partial charge on any atom is 0.322 e. The van der Waals surface area contributed by atoms with Gasteiger partial charge in [0.25, 0.3) is 0 Å². The Balaban J connectivity index is 3.80. The van der Waals surface area contributed by atoms with Crippen molar-refractivity contribution in [1.29, 1.82) is 0 Å². The van der Waals surface area contributed by atoms with Crippen LogP contribution in [0.2, 0.25) is 0 Å². The second kappa shape index (κ2) is 11.4. The predicted molar refractivity (Wildman–Crippen MR) is 86.5 cm³/mol. The van der Waals surface area contributed by atoms with Gasteiger partial charge in [0, 0.05) is 0 Å². The molecule has 0 rings (SSSR count). The van der Waals surface area contributed by atoms with Crippen LogP contribution in [-0.2, 0) is 14.3 Å². The van der Waals surface area contributed by atoms with E-state index >= 15 is 0 Å². The molecule has 0 amide bonds. The molecule has 0 fully saturated rings. The largest absolute Gasteiger partial charge is 0.480 e. The minimum absolute atomic E-state index is 0.0874. The van der Waals surface area contributed by atoms with Gasteiger partial charge in [0.15, 0.2) is 0 Å². The van der Waals surface area contributed by atoms with E-state index in [-0.39, 0.29) is 11.9 Å². The normalized spacial score (nSPS) is 15.4. The quantitative estimate of drug-likeness (QED) is 0.375. The Hall–Kier alpha value is -1.14. The summed E-state index contributed by atoms with van der Waals surface area (Å²) in [6, 6.07) is -1.08. The first-order valence-corrected chi connectivity index (χ1v) is 8.17. The molecule has 0 unspecified atom stereocenters. The van der Waals surface area contributed by atoms with Gasteiger partial charge in [0.2, 0.25) is 0 Å². The number of carbonyl (C=O) groups excluding carboxylic acids is 1. The summed E-state index contributed by atoms with van der Waals surface area (Å²) in [5, 5.41) is 12.2. The van der Waals surface area contributed by atoms with Gasteiger partial charge in [-0.25, -0.2) is 0 Å². The fourth-order valence-corrected chi connectivity index (χ4v) is 2.14. The van der Waals surface area contributed by atoms with Gasteiger partial charge < -0.3 is 20.9 Å². The average Bonchev–Trinajstić information content (AvgIpc) is 2.44. The summed E-state index contributed by atoms with van der Waals surface area (Å²) in [5.74, 6) is -0.727. The molecule has 0 heterocycles. The van der Waals surface area contributed by atoms with Crippen LogP contribution in [0.4, 0.5) is 0 Å². The lowest BCUT2D eigenvalue weighted by atomic mass is 9.99. The molecule has 0 bridgehead atoms. The lowest BCUT2D eigenvalue weighted by molar-refractivity contribution is -0.145. The van der Waals surface area contributed by atoms with E-state index < -0.39 is 18.1 Å². The first kappa shape index (κ1) is 20.9. The monoisotopic (exact) mass is 316 g/mol. The molecular weight excluding hydrogens is 284 g/mol. The zero-order valence-corrected chi connectivity index (χ0v) is 14.3. The molecule has 22 heavy (non-hydrogen) atoms. The van der Waals surface area contributed by atoms with Crippen LogP contribution < -0.4 is 11.1 Å². The zero-order chi connectivity index (χ0) is 17.1. The summed E-state index contributed by atoms with van der Waals surface area (Å²) in [4.78, 5) is 22.7. The maximum absolute atomic E-state index is 11.6. The Morgan fingerprint density at radius 2 is 1.86 bits per heavy atom. The van der Waals surface area contributed by atoms with Crippen LogP contribution in [0.25, 0.3) is 0 Å². The van der Waals surface area contributed by atoms with E-state index in [0.717, 1.165) is 12.8 Å². The lowest BCUT2D eigenvalue weighted by Gasteiger charge is -2.20. The second-order valence-electron chi connectivity index (χ2n) is 6.27. The Morgan fingerprint density at radius 3 is 2.36 bits per heavy atom. The van der Waals surface area contributed by atoms with E-state index in [4.69, 9.17) is 15.6 Å². The third-order valence-electron chi connectivity index (χ3n) is 3.69. The SMILES string of the molecule is CC[C@H](C)[C@H](NCCCCOC(=O)[C@@H](N)CC(C)C)C(=O)O. The number of aliphatic carboxylic acids is 1. The van der Waals surface area contributed by atoms with E-state index in [1.165, 1.54) is 0 Å². The molecule has 0 spiro atoms. The molecule has 0 aromatic heterocycles. The number of nitrogens with one attached hydrogen (secondary N) is 1. The number of esters is 1. The Kier molecular flexibility index (Phi) is 10.8. The van der Waals surface area contributed by atoms with E-state index in [0.29, 0.717) is 31.9 Å².